The van der Waals surface area contributed by atoms with Gasteiger partial charge in [0.2, 0.25) is 9.93 Å². The first-order chi connectivity index (χ1) is 9.58. The third-order valence-electron chi connectivity index (χ3n) is 2.77. The average Bonchev–Trinajstić information content (AvgIpc) is 2.40. The fourth-order valence-electron chi connectivity index (χ4n) is 1.97. The Morgan fingerprint density at radius 1 is 1.10 bits per heavy atom. The molecule has 0 saturated heterocycles. The number of benzene rings is 1. The molecule has 0 fully saturated rings. The monoisotopic (exact) mass is 341 g/mol. The molecule has 0 aliphatic heterocycles. The van der Waals surface area contributed by atoms with Gasteiger partial charge in [-0.3, -0.25) is 4.57 Å². The summed E-state index contributed by atoms with van der Waals surface area (Å²) in [6.07, 6.45) is 4.01. The minimum absolute atomic E-state index is 0.554. The highest BCUT2D eigenvalue weighted by molar-refractivity contribution is 8.76. The third-order valence-corrected chi connectivity index (χ3v) is 5.13. The van der Waals surface area contributed by atoms with Crippen LogP contribution in [0.25, 0.3) is 5.69 Å². The van der Waals surface area contributed by atoms with Crippen LogP contribution < -0.4 is 0 Å². The van der Waals surface area contributed by atoms with E-state index >= 15 is 0 Å². The zero-order valence-corrected chi connectivity index (χ0v) is 15.0. The molecule has 0 atom stereocenters. The van der Waals surface area contributed by atoms with Crippen LogP contribution in [0, 0.1) is 18.6 Å². The van der Waals surface area contributed by atoms with Gasteiger partial charge in [0.15, 0.2) is 5.16 Å². The molecule has 2 aromatic rings. The molecule has 0 bridgehead atoms. The largest absolute Gasteiger partial charge is 0.263 e. The number of hydrogen-bond acceptors (Lipinski definition) is 6. The van der Waals surface area contributed by atoms with Gasteiger partial charge in [0.1, 0.15) is 0 Å². The summed E-state index contributed by atoms with van der Waals surface area (Å²) >= 11 is 7.07. The maximum atomic E-state index is 5.48. The Labute approximate surface area is 136 Å². The molecule has 1 heterocycles. The summed E-state index contributed by atoms with van der Waals surface area (Å²) in [5.74, 6) is 0. The predicted octanol–water partition coefficient (Wildman–Crippen LogP) is 4.71. The van der Waals surface area contributed by atoms with Crippen molar-refractivity contribution < 1.29 is 0 Å². The molecule has 0 saturated carbocycles. The van der Waals surface area contributed by atoms with Crippen molar-refractivity contribution in [2.45, 2.75) is 24.2 Å². The van der Waals surface area contributed by atoms with Crippen LogP contribution in [-0.4, -0.2) is 27.0 Å². The van der Waals surface area contributed by atoms with Crippen LogP contribution in [0.5, 0.6) is 0 Å². The maximum absolute atomic E-state index is 5.48. The quantitative estimate of drug-likeness (QED) is 0.455. The lowest BCUT2D eigenvalue weighted by Crippen LogP contribution is -2.09. The first-order valence-electron chi connectivity index (χ1n) is 5.90. The van der Waals surface area contributed by atoms with E-state index in [1.807, 2.05) is 17.1 Å². The molecule has 0 N–H and O–H groups in total. The fraction of sp³-hybridized carbons (Fsp3) is 0.308. The molecule has 0 spiro atoms. The van der Waals surface area contributed by atoms with Gasteiger partial charge in [0, 0.05) is 0 Å². The van der Waals surface area contributed by atoms with Gasteiger partial charge >= 0.3 is 0 Å². The van der Waals surface area contributed by atoms with Crippen LogP contribution in [0.4, 0.5) is 0 Å². The third kappa shape index (κ3) is 3.21. The summed E-state index contributed by atoms with van der Waals surface area (Å²) in [6.45, 7) is 4.16. The molecular formula is C13H15N3S4. The van der Waals surface area contributed by atoms with Crippen LogP contribution >= 0.6 is 45.6 Å². The highest BCUT2D eigenvalue weighted by Crippen LogP contribution is 2.29. The molecule has 1 aromatic carbocycles. The van der Waals surface area contributed by atoms with Gasteiger partial charge in [-0.15, -0.1) is 0 Å². The Morgan fingerprint density at radius 3 is 2.30 bits per heavy atom. The lowest BCUT2D eigenvalue weighted by atomic mass is 10.1. The van der Waals surface area contributed by atoms with Crippen LogP contribution in [0.2, 0.25) is 0 Å². The van der Waals surface area contributed by atoms with E-state index in [1.54, 1.807) is 22.6 Å². The van der Waals surface area contributed by atoms with Gasteiger partial charge in [-0.2, -0.15) is 9.97 Å². The molecule has 1 aromatic heterocycles. The summed E-state index contributed by atoms with van der Waals surface area (Å²) < 4.78 is 2.52. The van der Waals surface area contributed by atoms with Crippen molar-refractivity contribution in [1.82, 2.24) is 14.5 Å². The minimum atomic E-state index is 0.554. The van der Waals surface area contributed by atoms with Crippen LogP contribution in [0.3, 0.4) is 0 Å². The van der Waals surface area contributed by atoms with Gasteiger partial charge in [-0.1, -0.05) is 40.8 Å². The topological polar surface area (TPSA) is 30.7 Å². The summed E-state index contributed by atoms with van der Waals surface area (Å²) in [6, 6.07) is 6.22. The number of thioether (sulfide) groups is 1. The van der Waals surface area contributed by atoms with E-state index < -0.39 is 0 Å². The highest BCUT2D eigenvalue weighted by Gasteiger charge is 2.13. The van der Waals surface area contributed by atoms with E-state index in [4.69, 9.17) is 12.2 Å². The Hall–Kier alpha value is -0.500. The van der Waals surface area contributed by atoms with Crippen molar-refractivity contribution in [1.29, 1.82) is 0 Å². The van der Waals surface area contributed by atoms with Crippen LogP contribution in [-0.2, 0) is 0 Å². The standard InChI is InChI=1S/C13H15N3S4/c1-8-6-5-7-9(2)10(8)16-12(17)14-11(20-19-4)15-13(16)18-3/h5-7H,1-4H3. The van der Waals surface area contributed by atoms with Crippen LogP contribution in [0.15, 0.2) is 28.5 Å². The molecule has 0 aliphatic carbocycles. The van der Waals surface area contributed by atoms with Gasteiger partial charge in [0.05, 0.1) is 5.69 Å². The Balaban J connectivity index is 2.71. The SMILES string of the molecule is CSSc1nc(SC)n(-c2c(C)cccc2C)c(=S)n1. The Morgan fingerprint density at radius 2 is 1.75 bits per heavy atom. The number of nitrogens with zero attached hydrogens (tertiary/aromatic N) is 3. The molecule has 106 valence electrons. The highest BCUT2D eigenvalue weighted by atomic mass is 33.1. The molecule has 7 heteroatoms. The molecule has 0 amide bonds. The van der Waals surface area contributed by atoms with E-state index in [1.165, 1.54) is 21.9 Å². The number of para-hydroxylation sites is 1. The first-order valence-corrected chi connectivity index (χ1v) is 10.1. The van der Waals surface area contributed by atoms with E-state index in [9.17, 15) is 0 Å². The molecule has 2 rings (SSSR count). The van der Waals surface area contributed by atoms with Gasteiger partial charge < -0.3 is 0 Å². The second-order valence-electron chi connectivity index (χ2n) is 4.10. The van der Waals surface area contributed by atoms with Crippen molar-refractivity contribution >= 4 is 45.6 Å². The molecule has 0 unspecified atom stereocenters. The maximum Gasteiger partial charge on any atom is 0.208 e. The second kappa shape index (κ2) is 6.98. The normalized spacial score (nSPS) is 10.8. The molecule has 0 radical (unpaired) electrons. The van der Waals surface area contributed by atoms with E-state index in [-0.39, 0.29) is 0 Å². The Bertz CT molecular complexity index is 662. The molecular weight excluding hydrogens is 326 g/mol. The smallest absolute Gasteiger partial charge is 0.208 e. The summed E-state index contributed by atoms with van der Waals surface area (Å²) in [5, 5.41) is 1.59. The van der Waals surface area contributed by atoms with Crippen molar-refractivity contribution in [2.75, 3.05) is 12.5 Å². The number of aromatic nitrogens is 3. The number of rotatable bonds is 4. The minimum Gasteiger partial charge on any atom is -0.263 e. The van der Waals surface area contributed by atoms with Crippen molar-refractivity contribution in [3.8, 4) is 5.69 Å². The van der Waals surface area contributed by atoms with Gasteiger partial charge in [0.25, 0.3) is 0 Å². The van der Waals surface area contributed by atoms with E-state index in [0.29, 0.717) is 9.93 Å². The molecule has 3 nitrogen and oxygen atoms in total. The molecule has 0 aliphatic rings. The number of aryl methyl sites for hydroxylation is 2. The summed E-state index contributed by atoms with van der Waals surface area (Å²) in [7, 11) is 3.15. The number of hydrogen-bond donors (Lipinski definition) is 0. The van der Waals surface area contributed by atoms with Crippen molar-refractivity contribution in [3.63, 3.8) is 0 Å². The van der Waals surface area contributed by atoms with Gasteiger partial charge in [-0.25, -0.2) is 0 Å². The predicted molar refractivity (Wildman–Crippen MR) is 92.8 cm³/mol. The Kier molecular flexibility index (Phi) is 5.54. The van der Waals surface area contributed by atoms with E-state index in [2.05, 4.69) is 42.0 Å². The van der Waals surface area contributed by atoms with Crippen LogP contribution in [0.1, 0.15) is 11.1 Å². The fourth-order valence-corrected chi connectivity index (χ4v) is 4.01. The zero-order valence-electron chi connectivity index (χ0n) is 11.7. The van der Waals surface area contributed by atoms with Gasteiger partial charge in [-0.05, 0) is 60.5 Å². The first kappa shape index (κ1) is 15.9. The average molecular weight is 342 g/mol. The molecule has 20 heavy (non-hydrogen) atoms. The zero-order chi connectivity index (χ0) is 14.7. The van der Waals surface area contributed by atoms with E-state index in [0.717, 1.165) is 10.8 Å². The second-order valence-corrected chi connectivity index (χ2v) is 7.60. The lowest BCUT2D eigenvalue weighted by Gasteiger charge is -2.16. The summed E-state index contributed by atoms with van der Waals surface area (Å²) in [5.41, 5.74) is 3.43. The van der Waals surface area contributed by atoms with Crippen molar-refractivity contribution in [2.24, 2.45) is 0 Å². The summed E-state index contributed by atoms with van der Waals surface area (Å²) in [4.78, 5) is 9.02. The lowest BCUT2D eigenvalue weighted by molar-refractivity contribution is 0.703. The van der Waals surface area contributed by atoms with Crippen molar-refractivity contribution in [3.05, 3.63) is 34.1 Å².